The summed E-state index contributed by atoms with van der Waals surface area (Å²) in [4.78, 5) is 9.68. The first kappa shape index (κ1) is 19.1. The van der Waals surface area contributed by atoms with E-state index in [1.54, 1.807) is 18.2 Å². The van der Waals surface area contributed by atoms with E-state index in [1.165, 1.54) is 11.1 Å². The van der Waals surface area contributed by atoms with Crippen LogP contribution in [0.4, 0.5) is 0 Å². The van der Waals surface area contributed by atoms with Crippen LogP contribution in [0.15, 0.2) is 100 Å². The van der Waals surface area contributed by atoms with Crippen molar-refractivity contribution in [2.75, 3.05) is 0 Å². The minimum absolute atomic E-state index is 0.0648. The number of aromatic hydroxyl groups is 1. The molecule has 34 heavy (non-hydrogen) atoms. The van der Waals surface area contributed by atoms with Crippen molar-refractivity contribution in [2.45, 2.75) is 18.6 Å². The Hall–Kier alpha value is -4.38. The van der Waals surface area contributed by atoms with Crippen molar-refractivity contribution >= 4 is 17.0 Å². The molecule has 0 bridgehead atoms. The van der Waals surface area contributed by atoms with Gasteiger partial charge in [-0.1, -0.05) is 60.7 Å². The highest BCUT2D eigenvalue weighted by molar-refractivity contribution is 5.99. The van der Waals surface area contributed by atoms with Gasteiger partial charge in [0.05, 0.1) is 5.56 Å². The quantitative estimate of drug-likeness (QED) is 0.354. The van der Waals surface area contributed by atoms with Crippen LogP contribution < -0.4 is 0 Å². The molecule has 5 aromatic rings. The average molecular weight is 444 g/mol. The normalized spacial score (nSPS) is 18.4. The van der Waals surface area contributed by atoms with Gasteiger partial charge < -0.3 is 14.3 Å². The highest BCUT2D eigenvalue weighted by Crippen LogP contribution is 2.41. The van der Waals surface area contributed by atoms with Crippen molar-refractivity contribution in [2.24, 2.45) is 4.99 Å². The second-order valence-electron chi connectivity index (χ2n) is 8.71. The summed E-state index contributed by atoms with van der Waals surface area (Å²) in [5.41, 5.74) is 7.48. The van der Waals surface area contributed by atoms with Crippen molar-refractivity contribution in [1.29, 1.82) is 0 Å². The number of aliphatic imine (C=N–C) groups is 1. The largest absolute Gasteiger partial charge is 0.507 e. The van der Waals surface area contributed by atoms with Gasteiger partial charge in [0.25, 0.3) is 0 Å². The fourth-order valence-corrected chi connectivity index (χ4v) is 5.01. The van der Waals surface area contributed by atoms with E-state index in [0.717, 1.165) is 28.6 Å². The van der Waals surface area contributed by atoms with Gasteiger partial charge in [0, 0.05) is 17.5 Å². The van der Waals surface area contributed by atoms with Crippen LogP contribution in [-0.2, 0) is 11.2 Å². The van der Waals surface area contributed by atoms with E-state index < -0.39 is 0 Å². The lowest BCUT2D eigenvalue weighted by molar-refractivity contribution is 0.206. The third-order valence-electron chi connectivity index (χ3n) is 6.64. The molecule has 2 atom stereocenters. The molecular formula is C29H20N2O3. The van der Waals surface area contributed by atoms with Crippen LogP contribution in [-0.4, -0.2) is 22.1 Å². The number of rotatable bonds is 3. The number of ether oxygens (including phenoxy) is 1. The Morgan fingerprint density at radius 3 is 2.53 bits per heavy atom. The Bertz CT molecular complexity index is 1600. The number of hydrogen-bond acceptors (Lipinski definition) is 5. The second kappa shape index (κ2) is 7.32. The number of para-hydroxylation sites is 2. The van der Waals surface area contributed by atoms with Crippen LogP contribution in [0.3, 0.4) is 0 Å². The highest BCUT2D eigenvalue weighted by atomic mass is 16.5. The van der Waals surface area contributed by atoms with Crippen molar-refractivity contribution in [3.05, 3.63) is 108 Å². The van der Waals surface area contributed by atoms with Gasteiger partial charge in [0.2, 0.25) is 11.8 Å². The van der Waals surface area contributed by atoms with Crippen LogP contribution in [0.1, 0.15) is 22.7 Å². The molecule has 7 rings (SSSR count). The molecule has 2 heterocycles. The topological polar surface area (TPSA) is 67.9 Å². The number of hydrogen-bond donors (Lipinski definition) is 1. The van der Waals surface area contributed by atoms with Crippen LogP contribution in [0.25, 0.3) is 33.7 Å². The fourth-order valence-electron chi connectivity index (χ4n) is 5.01. The van der Waals surface area contributed by atoms with E-state index in [9.17, 15) is 5.11 Å². The van der Waals surface area contributed by atoms with E-state index in [1.807, 2.05) is 36.4 Å². The number of benzene rings is 4. The van der Waals surface area contributed by atoms with Gasteiger partial charge in [-0.3, -0.25) is 0 Å². The maximum Gasteiger partial charge on any atom is 0.231 e. The maximum absolute atomic E-state index is 10.2. The number of nitrogens with zero attached hydrogens (tertiary/aromatic N) is 2. The molecule has 2 aliphatic rings. The lowest BCUT2D eigenvalue weighted by Gasteiger charge is -2.10. The Labute approximate surface area is 196 Å². The van der Waals surface area contributed by atoms with E-state index in [4.69, 9.17) is 19.1 Å². The number of phenolic OH excluding ortho intramolecular Hbond substituents is 1. The monoisotopic (exact) mass is 444 g/mol. The predicted molar refractivity (Wildman–Crippen MR) is 131 cm³/mol. The molecule has 5 nitrogen and oxygen atoms in total. The minimum atomic E-state index is 0.0648. The van der Waals surface area contributed by atoms with Crippen LogP contribution in [0.2, 0.25) is 0 Å². The summed E-state index contributed by atoms with van der Waals surface area (Å²) in [6, 6.07) is 29.6. The third-order valence-corrected chi connectivity index (χ3v) is 6.64. The molecule has 1 aliphatic carbocycles. The zero-order valence-corrected chi connectivity index (χ0v) is 18.2. The fraction of sp³-hybridized carbons (Fsp3) is 0.103. The Kier molecular flexibility index (Phi) is 4.12. The van der Waals surface area contributed by atoms with Crippen molar-refractivity contribution in [1.82, 2.24) is 4.98 Å². The van der Waals surface area contributed by atoms with Crippen LogP contribution in [0.5, 0.6) is 5.75 Å². The molecule has 4 aromatic carbocycles. The standard InChI is InChI=1S/C29H20N2O3/c32-23-13-4-3-11-22(23)29-31-26-21(12-6-14-24(26)33-29)17-8-5-9-19(15-17)28-30-27-20-10-2-1-7-18(20)16-25(27)34-28/h1-15,25,27,32H,16H2/t25-,27+/m0/s1. The highest BCUT2D eigenvalue weighted by Gasteiger charge is 2.39. The predicted octanol–water partition coefficient (Wildman–Crippen LogP) is 6.31. The van der Waals surface area contributed by atoms with Gasteiger partial charge in [0.15, 0.2) is 5.58 Å². The van der Waals surface area contributed by atoms with E-state index >= 15 is 0 Å². The molecule has 0 spiro atoms. The number of aromatic nitrogens is 1. The molecule has 164 valence electrons. The molecule has 0 saturated carbocycles. The first-order valence-corrected chi connectivity index (χ1v) is 11.4. The smallest absolute Gasteiger partial charge is 0.231 e. The summed E-state index contributed by atoms with van der Waals surface area (Å²) < 4.78 is 12.3. The number of fused-ring (bicyclic) bond motifs is 4. The molecule has 0 radical (unpaired) electrons. The lowest BCUT2D eigenvalue weighted by Crippen LogP contribution is -2.13. The lowest BCUT2D eigenvalue weighted by atomic mass is 10.0. The maximum atomic E-state index is 10.2. The van der Waals surface area contributed by atoms with Gasteiger partial charge in [-0.2, -0.15) is 0 Å². The Morgan fingerprint density at radius 2 is 1.59 bits per heavy atom. The van der Waals surface area contributed by atoms with E-state index in [2.05, 4.69) is 36.4 Å². The molecule has 5 heteroatoms. The van der Waals surface area contributed by atoms with Crippen LogP contribution >= 0.6 is 0 Å². The summed E-state index contributed by atoms with van der Waals surface area (Å²) in [7, 11) is 0. The molecule has 0 fully saturated rings. The van der Waals surface area contributed by atoms with Gasteiger partial charge in [0.1, 0.15) is 23.4 Å². The van der Waals surface area contributed by atoms with Crippen molar-refractivity contribution in [3.63, 3.8) is 0 Å². The average Bonchev–Trinajstić information content (AvgIpc) is 3.57. The Morgan fingerprint density at radius 1 is 0.794 bits per heavy atom. The molecule has 0 unspecified atom stereocenters. The first-order chi connectivity index (χ1) is 16.7. The van der Waals surface area contributed by atoms with Crippen LogP contribution in [0, 0.1) is 0 Å². The summed E-state index contributed by atoms with van der Waals surface area (Å²) in [5.74, 6) is 1.22. The van der Waals surface area contributed by atoms with Crippen molar-refractivity contribution < 1.29 is 14.3 Å². The van der Waals surface area contributed by atoms with E-state index in [0.29, 0.717) is 22.9 Å². The summed E-state index contributed by atoms with van der Waals surface area (Å²) in [6.45, 7) is 0. The second-order valence-corrected chi connectivity index (χ2v) is 8.71. The van der Waals surface area contributed by atoms with E-state index in [-0.39, 0.29) is 17.9 Å². The van der Waals surface area contributed by atoms with Gasteiger partial charge >= 0.3 is 0 Å². The SMILES string of the molecule is Oc1ccccc1-c1nc2c(-c3cccc(C4=N[C@@H]5c6ccccc6C[C@@H]5O4)c3)cccc2o1. The third kappa shape index (κ3) is 2.94. The number of phenols is 1. The summed E-state index contributed by atoms with van der Waals surface area (Å²) in [5, 5.41) is 10.2. The summed E-state index contributed by atoms with van der Waals surface area (Å²) in [6.07, 6.45) is 0.956. The van der Waals surface area contributed by atoms with Gasteiger partial charge in [-0.15, -0.1) is 0 Å². The molecular weight excluding hydrogens is 424 g/mol. The zero-order valence-electron chi connectivity index (χ0n) is 18.2. The van der Waals surface area contributed by atoms with Crippen molar-refractivity contribution in [3.8, 4) is 28.3 Å². The molecule has 0 amide bonds. The van der Waals surface area contributed by atoms with Gasteiger partial charge in [-0.05, 0) is 47.0 Å². The molecule has 1 aliphatic heterocycles. The van der Waals surface area contributed by atoms with Gasteiger partial charge in [-0.25, -0.2) is 9.98 Å². The number of oxazole rings is 1. The minimum Gasteiger partial charge on any atom is -0.507 e. The molecule has 1 N–H and O–H groups in total. The zero-order chi connectivity index (χ0) is 22.6. The molecule has 0 saturated heterocycles. The Balaban J connectivity index is 1.28. The molecule has 1 aromatic heterocycles. The summed E-state index contributed by atoms with van der Waals surface area (Å²) >= 11 is 0. The first-order valence-electron chi connectivity index (χ1n) is 11.4.